The van der Waals surface area contributed by atoms with Gasteiger partial charge < -0.3 is 14.8 Å². The smallest absolute Gasteiger partial charge is 0.331 e. The summed E-state index contributed by atoms with van der Waals surface area (Å²) >= 11 is 0. The standard InChI is InChI=1S/C17H24N2O6S/c1-4-17(2,16(21)24-3)18-15(20)13-5-7-14(8-6-13)26(22,23)19-9-11-25-12-10-19/h5-8H,4,9-12H2,1-3H3,(H,18,20). The summed E-state index contributed by atoms with van der Waals surface area (Å²) in [5, 5.41) is 2.64. The number of nitrogens with zero attached hydrogens (tertiary/aromatic N) is 1. The lowest BCUT2D eigenvalue weighted by Crippen LogP contribution is -2.52. The molecule has 1 N–H and O–H groups in total. The van der Waals surface area contributed by atoms with E-state index in [1.807, 2.05) is 0 Å². The third-order valence-electron chi connectivity index (χ3n) is 4.46. The lowest BCUT2D eigenvalue weighted by atomic mass is 9.98. The molecule has 1 atom stereocenters. The van der Waals surface area contributed by atoms with Crippen LogP contribution < -0.4 is 5.32 Å². The van der Waals surface area contributed by atoms with Gasteiger partial charge in [-0.1, -0.05) is 6.92 Å². The molecule has 2 rings (SSSR count). The summed E-state index contributed by atoms with van der Waals surface area (Å²) in [6.07, 6.45) is 0.356. The molecule has 8 nitrogen and oxygen atoms in total. The van der Waals surface area contributed by atoms with Crippen LogP contribution >= 0.6 is 0 Å². The number of morpholine rings is 1. The highest BCUT2D eigenvalue weighted by Gasteiger charge is 2.34. The SMILES string of the molecule is CCC(C)(NC(=O)c1ccc(S(=O)(=O)N2CCOCC2)cc1)C(=O)OC. The monoisotopic (exact) mass is 384 g/mol. The first-order valence-corrected chi connectivity index (χ1v) is 9.77. The number of esters is 1. The maximum Gasteiger partial charge on any atom is 0.331 e. The fourth-order valence-electron chi connectivity index (χ4n) is 2.55. The number of methoxy groups -OCH3 is 1. The third kappa shape index (κ3) is 4.22. The topological polar surface area (TPSA) is 102 Å². The van der Waals surface area contributed by atoms with E-state index in [4.69, 9.17) is 9.47 Å². The highest BCUT2D eigenvalue weighted by Crippen LogP contribution is 2.19. The second kappa shape index (κ2) is 8.15. The number of nitrogens with one attached hydrogen (secondary N) is 1. The minimum atomic E-state index is -3.61. The summed E-state index contributed by atoms with van der Waals surface area (Å²) < 4.78 is 36.4. The van der Waals surface area contributed by atoms with Gasteiger partial charge in [0.05, 0.1) is 25.2 Å². The first-order chi connectivity index (χ1) is 12.2. The van der Waals surface area contributed by atoms with Gasteiger partial charge >= 0.3 is 5.97 Å². The normalized spacial score (nSPS) is 18.0. The van der Waals surface area contributed by atoms with Crippen molar-refractivity contribution < 1.29 is 27.5 Å². The number of carbonyl (C=O) groups excluding carboxylic acids is 2. The van der Waals surface area contributed by atoms with Crippen molar-refractivity contribution in [1.29, 1.82) is 0 Å². The van der Waals surface area contributed by atoms with E-state index in [1.54, 1.807) is 13.8 Å². The van der Waals surface area contributed by atoms with Crippen molar-refractivity contribution >= 4 is 21.9 Å². The number of hydrogen-bond acceptors (Lipinski definition) is 6. The zero-order valence-electron chi connectivity index (χ0n) is 15.1. The zero-order chi connectivity index (χ0) is 19.4. The Morgan fingerprint density at radius 3 is 2.31 bits per heavy atom. The Kier molecular flexibility index (Phi) is 6.38. The van der Waals surface area contributed by atoms with Crippen molar-refractivity contribution in [2.45, 2.75) is 30.7 Å². The van der Waals surface area contributed by atoms with Crippen LogP contribution in [-0.4, -0.2) is 63.6 Å². The van der Waals surface area contributed by atoms with Crippen LogP contribution in [0.25, 0.3) is 0 Å². The predicted octanol–water partition coefficient (Wildman–Crippen LogP) is 0.779. The molecule has 0 bridgehead atoms. The molecule has 0 saturated carbocycles. The molecule has 1 aromatic carbocycles. The maximum atomic E-state index is 12.6. The van der Waals surface area contributed by atoms with Crippen LogP contribution in [0.15, 0.2) is 29.2 Å². The van der Waals surface area contributed by atoms with Crippen molar-refractivity contribution in [3.63, 3.8) is 0 Å². The van der Waals surface area contributed by atoms with E-state index in [1.165, 1.54) is 35.7 Å². The van der Waals surface area contributed by atoms with E-state index in [-0.39, 0.29) is 10.5 Å². The highest BCUT2D eigenvalue weighted by atomic mass is 32.2. The molecule has 0 aromatic heterocycles. The van der Waals surface area contributed by atoms with Crippen LogP contribution in [-0.2, 0) is 24.3 Å². The summed E-state index contributed by atoms with van der Waals surface area (Å²) in [6.45, 7) is 4.67. The number of hydrogen-bond donors (Lipinski definition) is 1. The van der Waals surface area contributed by atoms with E-state index >= 15 is 0 Å². The van der Waals surface area contributed by atoms with Crippen LogP contribution in [0.2, 0.25) is 0 Å². The number of rotatable bonds is 6. The molecule has 144 valence electrons. The molecule has 0 aliphatic carbocycles. The molecule has 1 aliphatic rings. The molecule has 1 heterocycles. The van der Waals surface area contributed by atoms with Crippen LogP contribution in [0.1, 0.15) is 30.6 Å². The number of amides is 1. The average Bonchev–Trinajstić information content (AvgIpc) is 2.67. The van der Waals surface area contributed by atoms with Gasteiger partial charge in [0.2, 0.25) is 10.0 Å². The summed E-state index contributed by atoms with van der Waals surface area (Å²) in [6, 6.07) is 5.63. The first kappa shape index (κ1) is 20.3. The van der Waals surface area contributed by atoms with Gasteiger partial charge in [-0.15, -0.1) is 0 Å². The molecule has 1 unspecified atom stereocenters. The Hall–Kier alpha value is -1.97. The van der Waals surface area contributed by atoms with Crippen LogP contribution in [0, 0.1) is 0 Å². The largest absolute Gasteiger partial charge is 0.467 e. The molecule has 0 spiro atoms. The average molecular weight is 384 g/mol. The van der Waals surface area contributed by atoms with Gasteiger partial charge in [-0.05, 0) is 37.6 Å². The minimum absolute atomic E-state index is 0.113. The quantitative estimate of drug-likeness (QED) is 0.727. The van der Waals surface area contributed by atoms with E-state index in [9.17, 15) is 18.0 Å². The van der Waals surface area contributed by atoms with Crippen LogP contribution in [0.3, 0.4) is 0 Å². The molecular formula is C17H24N2O6S. The van der Waals surface area contributed by atoms with Crippen molar-refractivity contribution in [2.75, 3.05) is 33.4 Å². The van der Waals surface area contributed by atoms with Crippen LogP contribution in [0.5, 0.6) is 0 Å². The Morgan fingerprint density at radius 2 is 1.81 bits per heavy atom. The fraction of sp³-hybridized carbons (Fsp3) is 0.529. The van der Waals surface area contributed by atoms with Gasteiger partial charge in [-0.3, -0.25) is 4.79 Å². The minimum Gasteiger partial charge on any atom is -0.467 e. The Labute approximate surface area is 153 Å². The molecule has 1 saturated heterocycles. The molecule has 1 aromatic rings. The zero-order valence-corrected chi connectivity index (χ0v) is 16.0. The summed E-state index contributed by atoms with van der Waals surface area (Å²) in [5.41, 5.74) is -0.890. The number of carbonyl (C=O) groups is 2. The van der Waals surface area contributed by atoms with E-state index in [0.717, 1.165) is 0 Å². The Bertz CT molecular complexity index is 756. The van der Waals surface area contributed by atoms with E-state index < -0.39 is 27.4 Å². The maximum absolute atomic E-state index is 12.6. The Balaban J connectivity index is 2.16. The molecule has 1 aliphatic heterocycles. The van der Waals surface area contributed by atoms with E-state index in [2.05, 4.69) is 5.32 Å². The summed E-state index contributed by atoms with van der Waals surface area (Å²) in [7, 11) is -2.36. The molecule has 1 fully saturated rings. The molecule has 9 heteroatoms. The Morgan fingerprint density at radius 1 is 1.23 bits per heavy atom. The van der Waals surface area contributed by atoms with Crippen molar-refractivity contribution in [3.05, 3.63) is 29.8 Å². The fourth-order valence-corrected chi connectivity index (χ4v) is 3.95. The van der Waals surface area contributed by atoms with Crippen molar-refractivity contribution in [2.24, 2.45) is 0 Å². The molecule has 1 amide bonds. The van der Waals surface area contributed by atoms with Crippen LogP contribution in [0.4, 0.5) is 0 Å². The molecular weight excluding hydrogens is 360 g/mol. The second-order valence-corrected chi connectivity index (χ2v) is 8.11. The number of ether oxygens (including phenoxy) is 2. The van der Waals surface area contributed by atoms with Crippen molar-refractivity contribution in [1.82, 2.24) is 9.62 Å². The van der Waals surface area contributed by atoms with Gasteiger partial charge in [-0.2, -0.15) is 4.31 Å². The number of benzene rings is 1. The van der Waals surface area contributed by atoms with Gasteiger partial charge in [0, 0.05) is 18.7 Å². The third-order valence-corrected chi connectivity index (χ3v) is 6.37. The summed E-state index contributed by atoms with van der Waals surface area (Å²) in [4.78, 5) is 24.4. The van der Waals surface area contributed by atoms with E-state index in [0.29, 0.717) is 32.7 Å². The second-order valence-electron chi connectivity index (χ2n) is 6.17. The van der Waals surface area contributed by atoms with Gasteiger partial charge in [0.25, 0.3) is 5.91 Å². The highest BCUT2D eigenvalue weighted by molar-refractivity contribution is 7.89. The molecule has 0 radical (unpaired) electrons. The van der Waals surface area contributed by atoms with Crippen molar-refractivity contribution in [3.8, 4) is 0 Å². The lowest BCUT2D eigenvalue weighted by Gasteiger charge is -2.27. The van der Waals surface area contributed by atoms with Gasteiger partial charge in [-0.25, -0.2) is 13.2 Å². The predicted molar refractivity (Wildman–Crippen MR) is 94.2 cm³/mol. The van der Waals surface area contributed by atoms with Gasteiger partial charge in [0.15, 0.2) is 0 Å². The summed E-state index contributed by atoms with van der Waals surface area (Å²) in [5.74, 6) is -1.02. The van der Waals surface area contributed by atoms with Gasteiger partial charge in [0.1, 0.15) is 5.54 Å². The number of sulfonamides is 1. The molecule has 26 heavy (non-hydrogen) atoms. The lowest BCUT2D eigenvalue weighted by molar-refractivity contribution is -0.147. The first-order valence-electron chi connectivity index (χ1n) is 8.33.